The first-order valence-electron chi connectivity index (χ1n) is 10.6. The molecule has 1 fully saturated rings. The van der Waals surface area contributed by atoms with Crippen LogP contribution in [0.2, 0.25) is 0 Å². The number of benzene rings is 3. The highest BCUT2D eigenvalue weighted by molar-refractivity contribution is 7.76. The molecule has 5 rings (SSSR count). The van der Waals surface area contributed by atoms with E-state index in [1.165, 1.54) is 22.0 Å². The third-order valence-electron chi connectivity index (χ3n) is 6.47. The van der Waals surface area contributed by atoms with E-state index in [-0.39, 0.29) is 11.2 Å². The molecule has 0 amide bonds. The van der Waals surface area contributed by atoms with Gasteiger partial charge in [-0.15, -0.1) is 0 Å². The molecule has 0 N–H and O–H groups in total. The molecular formula is C25H23FN3O2S-. The third-order valence-corrected chi connectivity index (χ3v) is 7.20. The van der Waals surface area contributed by atoms with Crippen LogP contribution in [0.15, 0.2) is 72.9 Å². The van der Waals surface area contributed by atoms with E-state index >= 15 is 0 Å². The molecule has 1 aliphatic rings. The maximum Gasteiger partial charge on any atom is 0.123 e. The highest BCUT2D eigenvalue weighted by Crippen LogP contribution is 2.41. The Balaban J connectivity index is 1.61. The lowest BCUT2D eigenvalue weighted by Crippen LogP contribution is -2.34. The topological polar surface area (TPSA) is 61.2 Å². The van der Waals surface area contributed by atoms with Gasteiger partial charge in [-0.1, -0.05) is 30.3 Å². The van der Waals surface area contributed by atoms with Crippen molar-refractivity contribution in [1.82, 2.24) is 14.1 Å². The zero-order valence-electron chi connectivity index (χ0n) is 17.7. The van der Waals surface area contributed by atoms with Gasteiger partial charge >= 0.3 is 0 Å². The molecule has 0 bridgehead atoms. The van der Waals surface area contributed by atoms with Crippen molar-refractivity contribution in [3.8, 4) is 5.69 Å². The number of aromatic nitrogens is 2. The minimum Gasteiger partial charge on any atom is -0.760 e. The lowest BCUT2D eigenvalue weighted by molar-refractivity contribution is 0.398. The summed E-state index contributed by atoms with van der Waals surface area (Å²) in [5.74, 6) is -0.284. The average Bonchev–Trinajstić information content (AvgIpc) is 3.39. The monoisotopic (exact) mass is 448 g/mol. The van der Waals surface area contributed by atoms with Gasteiger partial charge in [0.1, 0.15) is 5.82 Å². The van der Waals surface area contributed by atoms with Crippen LogP contribution >= 0.6 is 0 Å². The van der Waals surface area contributed by atoms with Crippen LogP contribution in [0.25, 0.3) is 16.6 Å². The molecule has 0 radical (unpaired) electrons. The molecule has 0 spiro atoms. The molecule has 1 saturated heterocycles. The molecule has 5 nitrogen and oxygen atoms in total. The Kier molecular flexibility index (Phi) is 5.41. The van der Waals surface area contributed by atoms with Gasteiger partial charge in [-0.2, -0.15) is 5.10 Å². The number of hydrogen-bond acceptors (Lipinski definition) is 3. The van der Waals surface area contributed by atoms with E-state index in [1.807, 2.05) is 29.1 Å². The maximum atomic E-state index is 13.4. The summed E-state index contributed by atoms with van der Waals surface area (Å²) in [6.07, 6.45) is 3.34. The fraction of sp³-hybridized carbons (Fsp3) is 0.240. The summed E-state index contributed by atoms with van der Waals surface area (Å²) >= 11 is -2.24. The van der Waals surface area contributed by atoms with Gasteiger partial charge in [0.15, 0.2) is 0 Å². The molecule has 1 aromatic heterocycles. The number of fused-ring (bicyclic) bond motifs is 1. The molecule has 2 unspecified atom stereocenters. The third kappa shape index (κ3) is 3.77. The summed E-state index contributed by atoms with van der Waals surface area (Å²) < 4.78 is 40.2. The van der Waals surface area contributed by atoms with Crippen LogP contribution in [0.5, 0.6) is 0 Å². The van der Waals surface area contributed by atoms with Crippen molar-refractivity contribution >= 4 is 22.2 Å². The van der Waals surface area contributed by atoms with Crippen LogP contribution in [0.3, 0.4) is 0 Å². The molecular weight excluding hydrogens is 425 g/mol. The zero-order chi connectivity index (χ0) is 22.3. The van der Waals surface area contributed by atoms with Gasteiger partial charge in [-0.3, -0.25) is 4.21 Å². The number of halogens is 1. The number of nitrogens with zero attached hydrogens (tertiary/aromatic N) is 3. The van der Waals surface area contributed by atoms with Gasteiger partial charge in [-0.05, 0) is 72.9 Å². The molecule has 2 heterocycles. The van der Waals surface area contributed by atoms with Crippen LogP contribution in [0.1, 0.15) is 23.1 Å². The van der Waals surface area contributed by atoms with Gasteiger partial charge < -0.3 is 4.55 Å². The van der Waals surface area contributed by atoms with Crippen LogP contribution in [0, 0.1) is 12.7 Å². The van der Waals surface area contributed by atoms with E-state index in [1.54, 1.807) is 12.1 Å². The quantitative estimate of drug-likeness (QED) is 0.424. The Hall–Kier alpha value is -2.87. The van der Waals surface area contributed by atoms with Crippen LogP contribution in [0.4, 0.5) is 4.39 Å². The summed E-state index contributed by atoms with van der Waals surface area (Å²) in [7, 11) is 0. The lowest BCUT2D eigenvalue weighted by atomic mass is 9.73. The Morgan fingerprint density at radius 1 is 1.12 bits per heavy atom. The zero-order valence-corrected chi connectivity index (χ0v) is 18.5. The van der Waals surface area contributed by atoms with E-state index in [9.17, 15) is 13.2 Å². The van der Waals surface area contributed by atoms with Gasteiger partial charge in [0, 0.05) is 35.2 Å². The summed E-state index contributed by atoms with van der Waals surface area (Å²) in [5, 5.41) is 5.52. The number of hydrogen-bond donors (Lipinski definition) is 0. The van der Waals surface area contributed by atoms with E-state index in [0.29, 0.717) is 13.1 Å². The molecule has 7 heteroatoms. The Morgan fingerprint density at radius 3 is 2.56 bits per heavy atom. The first-order valence-corrected chi connectivity index (χ1v) is 11.6. The van der Waals surface area contributed by atoms with E-state index in [4.69, 9.17) is 0 Å². The van der Waals surface area contributed by atoms with Gasteiger partial charge in [0.05, 0.1) is 17.4 Å². The van der Waals surface area contributed by atoms with E-state index in [2.05, 4.69) is 36.3 Å². The molecule has 4 aromatic rings. The van der Waals surface area contributed by atoms with Gasteiger partial charge in [0.25, 0.3) is 0 Å². The molecule has 0 aliphatic carbocycles. The van der Waals surface area contributed by atoms with Gasteiger partial charge in [-0.25, -0.2) is 13.4 Å². The smallest absolute Gasteiger partial charge is 0.123 e. The lowest BCUT2D eigenvalue weighted by Gasteiger charge is -2.32. The van der Waals surface area contributed by atoms with Crippen molar-refractivity contribution in [3.05, 3.63) is 95.4 Å². The summed E-state index contributed by atoms with van der Waals surface area (Å²) in [5.41, 5.74) is 4.86. The second kappa shape index (κ2) is 8.24. The summed E-state index contributed by atoms with van der Waals surface area (Å²) in [4.78, 5) is 0. The van der Waals surface area contributed by atoms with Crippen LogP contribution in [-0.2, 0) is 23.1 Å². The van der Waals surface area contributed by atoms with Gasteiger partial charge in [0.2, 0.25) is 0 Å². The van der Waals surface area contributed by atoms with Crippen molar-refractivity contribution in [3.63, 3.8) is 0 Å². The fourth-order valence-corrected chi connectivity index (χ4v) is 5.54. The SMILES string of the molecule is Cc1cc2c(cnn2-c2ccc(F)cc2)cc1C1(Cc2ccccc2)CCN(S(=O)[O-])C1. The van der Waals surface area contributed by atoms with E-state index in [0.717, 1.165) is 40.6 Å². The second-order valence-corrected chi connectivity index (χ2v) is 9.48. The molecule has 0 saturated carbocycles. The highest BCUT2D eigenvalue weighted by Gasteiger charge is 2.41. The normalized spacial score (nSPS) is 20.1. The molecule has 2 atom stereocenters. The first kappa shape index (κ1) is 21.0. The Labute approximate surface area is 188 Å². The summed E-state index contributed by atoms with van der Waals surface area (Å²) in [6.45, 7) is 3.03. The maximum absolute atomic E-state index is 13.4. The largest absolute Gasteiger partial charge is 0.760 e. The van der Waals surface area contributed by atoms with E-state index < -0.39 is 11.3 Å². The molecule has 32 heavy (non-hydrogen) atoms. The average molecular weight is 449 g/mol. The Morgan fingerprint density at radius 2 is 1.88 bits per heavy atom. The van der Waals surface area contributed by atoms with Crippen molar-refractivity contribution < 1.29 is 13.2 Å². The number of rotatable bonds is 5. The van der Waals surface area contributed by atoms with Crippen LogP contribution < -0.4 is 0 Å². The fourth-order valence-electron chi connectivity index (χ4n) is 4.95. The predicted molar refractivity (Wildman–Crippen MR) is 123 cm³/mol. The summed E-state index contributed by atoms with van der Waals surface area (Å²) in [6, 6.07) is 20.7. The highest BCUT2D eigenvalue weighted by atomic mass is 32.2. The standard InChI is InChI=1S/C25H24FN3O2S/c1-18-13-24-20(16-27-29(24)22-9-7-21(26)8-10-22)14-23(18)25(11-12-28(17-25)32(30)31)15-19-5-3-2-4-6-19/h2-10,13-14,16H,11-12,15,17H2,1H3,(H,30,31)/p-1. The predicted octanol–water partition coefficient (Wildman–Crippen LogP) is 4.45. The van der Waals surface area contributed by atoms with Crippen molar-refractivity contribution in [2.24, 2.45) is 0 Å². The molecule has 164 valence electrons. The molecule has 3 aromatic carbocycles. The minimum atomic E-state index is -2.24. The van der Waals surface area contributed by atoms with Crippen molar-refractivity contribution in [2.45, 2.75) is 25.2 Å². The minimum absolute atomic E-state index is 0.284. The first-order chi connectivity index (χ1) is 15.4. The van der Waals surface area contributed by atoms with Crippen LogP contribution in [-0.4, -0.2) is 35.9 Å². The van der Waals surface area contributed by atoms with Crippen molar-refractivity contribution in [1.29, 1.82) is 0 Å². The second-order valence-electron chi connectivity index (χ2n) is 8.53. The molecule has 1 aliphatic heterocycles. The van der Waals surface area contributed by atoms with Crippen molar-refractivity contribution in [2.75, 3.05) is 13.1 Å². The number of aryl methyl sites for hydroxylation is 1. The Bertz CT molecular complexity index is 1290.